The summed E-state index contributed by atoms with van der Waals surface area (Å²) in [5.74, 6) is 0. The topological polar surface area (TPSA) is 15.8 Å². The molecule has 0 bridgehead atoms. The summed E-state index contributed by atoms with van der Waals surface area (Å²) in [4.78, 5) is 3.33. The van der Waals surface area contributed by atoms with E-state index in [4.69, 9.17) is 0 Å². The number of unbranched alkanes of at least 4 members (excludes halogenated alkanes) is 1. The zero-order chi connectivity index (χ0) is 10.5. The van der Waals surface area contributed by atoms with Crippen LogP contribution in [0.1, 0.15) is 25.3 Å². The van der Waals surface area contributed by atoms with E-state index in [0.717, 1.165) is 0 Å². The van der Waals surface area contributed by atoms with Gasteiger partial charge in [0.1, 0.15) is 0 Å². The first-order valence-corrected chi connectivity index (χ1v) is 5.63. The number of aromatic nitrogens is 1. The van der Waals surface area contributed by atoms with Crippen LogP contribution in [0.2, 0.25) is 0 Å². The van der Waals surface area contributed by atoms with E-state index in [1.807, 2.05) is 6.07 Å². The number of hydrogen-bond acceptors (Lipinski definition) is 0. The fourth-order valence-corrected chi connectivity index (χ4v) is 1.75. The van der Waals surface area contributed by atoms with Crippen molar-refractivity contribution in [1.82, 2.24) is 4.98 Å². The van der Waals surface area contributed by atoms with Crippen molar-refractivity contribution in [3.8, 4) is 11.3 Å². The number of rotatable bonds is 4. The van der Waals surface area contributed by atoms with Crippen LogP contribution >= 0.6 is 0 Å². The Morgan fingerprint density at radius 3 is 2.67 bits per heavy atom. The van der Waals surface area contributed by atoms with Gasteiger partial charge in [0.2, 0.25) is 0 Å². The number of hydrogen-bond donors (Lipinski definition) is 1. The molecule has 0 aliphatic heterocycles. The fourth-order valence-electron chi connectivity index (χ4n) is 1.75. The molecule has 0 fully saturated rings. The van der Waals surface area contributed by atoms with Gasteiger partial charge in [-0.2, -0.15) is 0 Å². The van der Waals surface area contributed by atoms with Crippen molar-refractivity contribution in [3.05, 3.63) is 48.2 Å². The minimum absolute atomic E-state index is 1.18. The SMILES string of the molecule is CCCCc1c[nH]c(-c2ccccc2)c1. The Hall–Kier alpha value is -1.50. The summed E-state index contributed by atoms with van der Waals surface area (Å²) in [6.45, 7) is 2.23. The van der Waals surface area contributed by atoms with Crippen LogP contribution in [0.25, 0.3) is 11.3 Å². The summed E-state index contributed by atoms with van der Waals surface area (Å²) >= 11 is 0. The first-order chi connectivity index (χ1) is 7.40. The Morgan fingerprint density at radius 2 is 1.93 bits per heavy atom. The molecule has 0 aliphatic carbocycles. The molecule has 1 heterocycles. The molecule has 1 N–H and O–H groups in total. The van der Waals surface area contributed by atoms with E-state index in [1.165, 1.54) is 36.1 Å². The fraction of sp³-hybridized carbons (Fsp3) is 0.286. The van der Waals surface area contributed by atoms with Crippen LogP contribution in [-0.2, 0) is 6.42 Å². The van der Waals surface area contributed by atoms with Gasteiger partial charge in [0.05, 0.1) is 0 Å². The number of H-pyrrole nitrogens is 1. The Balaban J connectivity index is 2.14. The van der Waals surface area contributed by atoms with Crippen LogP contribution < -0.4 is 0 Å². The van der Waals surface area contributed by atoms with Crippen LogP contribution in [0, 0.1) is 0 Å². The zero-order valence-electron chi connectivity index (χ0n) is 9.16. The van der Waals surface area contributed by atoms with Crippen LogP contribution in [0.4, 0.5) is 0 Å². The lowest BCUT2D eigenvalue weighted by molar-refractivity contribution is 0.796. The van der Waals surface area contributed by atoms with E-state index in [2.05, 4.69) is 48.4 Å². The molecule has 1 nitrogen and oxygen atoms in total. The third kappa shape index (κ3) is 2.50. The molecule has 0 spiro atoms. The van der Waals surface area contributed by atoms with Crippen molar-refractivity contribution in [1.29, 1.82) is 0 Å². The molecule has 2 aromatic rings. The highest BCUT2D eigenvalue weighted by Crippen LogP contribution is 2.19. The highest BCUT2D eigenvalue weighted by atomic mass is 14.7. The summed E-state index contributed by atoms with van der Waals surface area (Å²) < 4.78 is 0. The van der Waals surface area contributed by atoms with E-state index >= 15 is 0 Å². The molecule has 1 aromatic heterocycles. The Labute approximate surface area is 91.2 Å². The maximum absolute atomic E-state index is 3.33. The summed E-state index contributed by atoms with van der Waals surface area (Å²) in [7, 11) is 0. The van der Waals surface area contributed by atoms with Gasteiger partial charge in [0.25, 0.3) is 0 Å². The van der Waals surface area contributed by atoms with Gasteiger partial charge in [-0.05, 0) is 30.0 Å². The van der Waals surface area contributed by atoms with Crippen molar-refractivity contribution >= 4 is 0 Å². The predicted octanol–water partition coefficient (Wildman–Crippen LogP) is 4.02. The third-order valence-electron chi connectivity index (χ3n) is 2.65. The largest absolute Gasteiger partial charge is 0.361 e. The summed E-state index contributed by atoms with van der Waals surface area (Å²) in [5.41, 5.74) is 3.90. The van der Waals surface area contributed by atoms with Gasteiger partial charge in [-0.15, -0.1) is 0 Å². The van der Waals surface area contributed by atoms with Gasteiger partial charge in [-0.3, -0.25) is 0 Å². The van der Waals surface area contributed by atoms with E-state index in [0.29, 0.717) is 0 Å². The van der Waals surface area contributed by atoms with E-state index < -0.39 is 0 Å². The molecule has 0 saturated heterocycles. The first-order valence-electron chi connectivity index (χ1n) is 5.63. The maximum atomic E-state index is 3.33. The average molecular weight is 199 g/mol. The van der Waals surface area contributed by atoms with Crippen molar-refractivity contribution in [2.45, 2.75) is 26.2 Å². The number of nitrogens with one attached hydrogen (secondary N) is 1. The highest BCUT2D eigenvalue weighted by molar-refractivity contribution is 5.60. The van der Waals surface area contributed by atoms with Gasteiger partial charge in [-0.1, -0.05) is 43.7 Å². The second-order valence-corrected chi connectivity index (χ2v) is 3.89. The summed E-state index contributed by atoms with van der Waals surface area (Å²) in [6.07, 6.45) is 5.83. The van der Waals surface area contributed by atoms with Crippen LogP contribution in [0.5, 0.6) is 0 Å². The van der Waals surface area contributed by atoms with Gasteiger partial charge in [0, 0.05) is 11.9 Å². The quantitative estimate of drug-likeness (QED) is 0.765. The standard InChI is InChI=1S/C14H17N/c1-2-3-7-12-10-14(15-11-12)13-8-5-4-6-9-13/h4-6,8-11,15H,2-3,7H2,1H3. The second kappa shape index (κ2) is 4.83. The number of benzene rings is 1. The molecule has 78 valence electrons. The molecule has 0 amide bonds. The number of aromatic amines is 1. The molecular weight excluding hydrogens is 182 g/mol. The van der Waals surface area contributed by atoms with Crippen molar-refractivity contribution in [2.24, 2.45) is 0 Å². The normalized spacial score (nSPS) is 10.5. The average Bonchev–Trinajstić information content (AvgIpc) is 2.76. The number of aryl methyl sites for hydroxylation is 1. The minimum atomic E-state index is 1.18. The monoisotopic (exact) mass is 199 g/mol. The van der Waals surface area contributed by atoms with Crippen LogP contribution in [-0.4, -0.2) is 4.98 Å². The maximum Gasteiger partial charge on any atom is 0.0456 e. The van der Waals surface area contributed by atoms with Gasteiger partial charge in [-0.25, -0.2) is 0 Å². The first kappa shape index (κ1) is 10.0. The summed E-state index contributed by atoms with van der Waals surface area (Å²) in [6, 6.07) is 12.7. The van der Waals surface area contributed by atoms with Crippen molar-refractivity contribution in [3.63, 3.8) is 0 Å². The van der Waals surface area contributed by atoms with Gasteiger partial charge < -0.3 is 4.98 Å². The molecule has 1 heteroatoms. The lowest BCUT2D eigenvalue weighted by Crippen LogP contribution is -1.78. The van der Waals surface area contributed by atoms with Crippen LogP contribution in [0.15, 0.2) is 42.6 Å². The lowest BCUT2D eigenvalue weighted by atomic mass is 10.1. The molecular formula is C14H17N. The summed E-state index contributed by atoms with van der Waals surface area (Å²) in [5, 5.41) is 0. The van der Waals surface area contributed by atoms with Crippen molar-refractivity contribution in [2.75, 3.05) is 0 Å². The van der Waals surface area contributed by atoms with E-state index in [-0.39, 0.29) is 0 Å². The molecule has 1 aromatic carbocycles. The third-order valence-corrected chi connectivity index (χ3v) is 2.65. The highest BCUT2D eigenvalue weighted by Gasteiger charge is 2.00. The predicted molar refractivity (Wildman–Crippen MR) is 64.8 cm³/mol. The molecule has 0 aliphatic rings. The zero-order valence-corrected chi connectivity index (χ0v) is 9.16. The molecule has 0 saturated carbocycles. The Bertz CT molecular complexity index is 400. The van der Waals surface area contributed by atoms with Crippen LogP contribution in [0.3, 0.4) is 0 Å². The molecule has 0 atom stereocenters. The van der Waals surface area contributed by atoms with E-state index in [9.17, 15) is 0 Å². The lowest BCUT2D eigenvalue weighted by Gasteiger charge is -1.95. The van der Waals surface area contributed by atoms with Gasteiger partial charge >= 0.3 is 0 Å². The second-order valence-electron chi connectivity index (χ2n) is 3.89. The molecule has 15 heavy (non-hydrogen) atoms. The van der Waals surface area contributed by atoms with Gasteiger partial charge in [0.15, 0.2) is 0 Å². The Morgan fingerprint density at radius 1 is 1.13 bits per heavy atom. The minimum Gasteiger partial charge on any atom is -0.361 e. The smallest absolute Gasteiger partial charge is 0.0456 e. The molecule has 2 rings (SSSR count). The molecule has 0 unspecified atom stereocenters. The molecule has 0 radical (unpaired) electrons. The Kier molecular flexibility index (Phi) is 3.23. The van der Waals surface area contributed by atoms with E-state index in [1.54, 1.807) is 0 Å². The van der Waals surface area contributed by atoms with Crippen molar-refractivity contribution < 1.29 is 0 Å².